The van der Waals surface area contributed by atoms with Crippen LogP contribution < -0.4 is 0 Å². The van der Waals surface area contributed by atoms with Crippen molar-refractivity contribution < 1.29 is 10.2 Å². The molecule has 0 unspecified atom stereocenters. The second-order valence-corrected chi connectivity index (χ2v) is 11.9. The molecule has 1 aliphatic rings. The monoisotopic (exact) mass is 526 g/mol. The number of aryl methyl sites for hydroxylation is 3. The molecule has 210 valence electrons. The van der Waals surface area contributed by atoms with E-state index in [-0.39, 0.29) is 13.2 Å². The maximum Gasteiger partial charge on any atom is 0.0434 e. The summed E-state index contributed by atoms with van der Waals surface area (Å²) in [4.78, 5) is 0. The van der Waals surface area contributed by atoms with Crippen LogP contribution in [-0.4, -0.2) is 23.4 Å². The molecule has 4 rings (SSSR count). The quantitative estimate of drug-likeness (QED) is 0.205. The molecule has 0 aromatic heterocycles. The fourth-order valence-electron chi connectivity index (χ4n) is 6.55. The Bertz CT molecular complexity index is 1160. The van der Waals surface area contributed by atoms with Gasteiger partial charge in [-0.2, -0.15) is 0 Å². The van der Waals surface area contributed by atoms with Crippen LogP contribution in [0.15, 0.2) is 60.7 Å². The summed E-state index contributed by atoms with van der Waals surface area (Å²) in [6.07, 6.45) is 15.3. The largest absolute Gasteiger partial charge is 0.396 e. The van der Waals surface area contributed by atoms with Gasteiger partial charge in [-0.05, 0) is 127 Å². The highest BCUT2D eigenvalue weighted by Gasteiger charge is 2.22. The third kappa shape index (κ3) is 8.29. The number of hydrogen-bond acceptors (Lipinski definition) is 2. The molecule has 0 amide bonds. The van der Waals surface area contributed by atoms with Crippen molar-refractivity contribution in [3.8, 4) is 22.3 Å². The van der Waals surface area contributed by atoms with E-state index >= 15 is 0 Å². The molecule has 3 aromatic carbocycles. The third-order valence-electron chi connectivity index (χ3n) is 8.92. The lowest BCUT2D eigenvalue weighted by molar-refractivity contribution is 0.283. The average Bonchev–Trinajstić information content (AvgIpc) is 2.97. The summed E-state index contributed by atoms with van der Waals surface area (Å²) in [6, 6.07) is 23.1. The van der Waals surface area contributed by atoms with Crippen LogP contribution >= 0.6 is 0 Å². The molecule has 0 atom stereocenters. The Labute approximate surface area is 237 Å². The van der Waals surface area contributed by atoms with Gasteiger partial charge in [-0.25, -0.2) is 0 Å². The number of benzene rings is 3. The Morgan fingerprint density at radius 2 is 1.49 bits per heavy atom. The van der Waals surface area contributed by atoms with Crippen LogP contribution in [0.3, 0.4) is 0 Å². The maximum atomic E-state index is 9.31. The van der Waals surface area contributed by atoms with Crippen LogP contribution in [0, 0.1) is 12.8 Å². The summed E-state index contributed by atoms with van der Waals surface area (Å²) in [7, 11) is 0. The summed E-state index contributed by atoms with van der Waals surface area (Å²) in [6.45, 7) is 5.09. The van der Waals surface area contributed by atoms with Crippen LogP contribution in [0.1, 0.15) is 106 Å². The second kappa shape index (κ2) is 15.4. The van der Waals surface area contributed by atoms with Gasteiger partial charge in [0.15, 0.2) is 0 Å². The lowest BCUT2D eigenvalue weighted by Crippen LogP contribution is -2.13. The second-order valence-electron chi connectivity index (χ2n) is 11.9. The standard InChI is InChI=1S/C37H50O2/c1-3-4-10-29-15-17-31(18-16-29)33-21-22-36(28(2)25-33)35-20-19-32(13-6-5-7-23-38)37(27-35)34-14-8-11-30(26-34)12-9-24-39/h8,11,14,19-22,25-27,29,31,38-39H,3-7,9-10,12-13,15-18,23-24H2,1-2H3. The highest BCUT2D eigenvalue weighted by molar-refractivity contribution is 5.77. The van der Waals surface area contributed by atoms with Gasteiger partial charge in [-0.1, -0.05) is 87.2 Å². The van der Waals surface area contributed by atoms with Gasteiger partial charge < -0.3 is 10.2 Å². The van der Waals surface area contributed by atoms with E-state index in [9.17, 15) is 10.2 Å². The van der Waals surface area contributed by atoms with Crippen LogP contribution in [0.4, 0.5) is 0 Å². The van der Waals surface area contributed by atoms with Crippen molar-refractivity contribution in [2.75, 3.05) is 13.2 Å². The summed E-state index contributed by atoms with van der Waals surface area (Å²) in [5, 5.41) is 18.5. The molecule has 0 heterocycles. The first-order valence-corrected chi connectivity index (χ1v) is 15.7. The van der Waals surface area contributed by atoms with Gasteiger partial charge >= 0.3 is 0 Å². The molecule has 0 aliphatic heterocycles. The number of aliphatic hydroxyl groups is 2. The van der Waals surface area contributed by atoms with Gasteiger partial charge in [0.25, 0.3) is 0 Å². The molecule has 1 aliphatic carbocycles. The minimum absolute atomic E-state index is 0.228. The SMILES string of the molecule is CCCCC1CCC(c2ccc(-c3ccc(CCCCCO)c(-c4cccc(CCCO)c4)c3)c(C)c2)CC1. The molecule has 0 bridgehead atoms. The summed E-state index contributed by atoms with van der Waals surface area (Å²) in [5.74, 6) is 1.67. The van der Waals surface area contributed by atoms with Gasteiger partial charge in [-0.15, -0.1) is 0 Å². The number of unbranched alkanes of at least 4 members (excludes halogenated alkanes) is 3. The average molecular weight is 527 g/mol. The van der Waals surface area contributed by atoms with Gasteiger partial charge in [0.2, 0.25) is 0 Å². The van der Waals surface area contributed by atoms with Crippen LogP contribution in [-0.2, 0) is 12.8 Å². The van der Waals surface area contributed by atoms with Gasteiger partial charge in [-0.3, -0.25) is 0 Å². The van der Waals surface area contributed by atoms with Gasteiger partial charge in [0.1, 0.15) is 0 Å². The number of aliphatic hydroxyl groups excluding tert-OH is 2. The Kier molecular flexibility index (Phi) is 11.7. The van der Waals surface area contributed by atoms with Crippen LogP contribution in [0.2, 0.25) is 0 Å². The molecule has 0 spiro atoms. The van der Waals surface area contributed by atoms with E-state index in [0.29, 0.717) is 5.92 Å². The first-order valence-electron chi connectivity index (χ1n) is 15.7. The van der Waals surface area contributed by atoms with Crippen molar-refractivity contribution in [2.24, 2.45) is 5.92 Å². The molecule has 2 heteroatoms. The van der Waals surface area contributed by atoms with Crippen molar-refractivity contribution in [2.45, 2.75) is 103 Å². The molecule has 2 N–H and O–H groups in total. The minimum atomic E-state index is 0.228. The molecule has 3 aromatic rings. The van der Waals surface area contributed by atoms with E-state index in [0.717, 1.165) is 44.4 Å². The summed E-state index contributed by atoms with van der Waals surface area (Å²) >= 11 is 0. The Balaban J connectivity index is 1.57. The lowest BCUT2D eigenvalue weighted by atomic mass is 9.76. The lowest BCUT2D eigenvalue weighted by Gasteiger charge is -2.29. The molecule has 0 radical (unpaired) electrons. The van der Waals surface area contributed by atoms with Crippen molar-refractivity contribution in [1.29, 1.82) is 0 Å². The molecular formula is C37H50O2. The van der Waals surface area contributed by atoms with E-state index in [2.05, 4.69) is 74.5 Å². The Morgan fingerprint density at radius 1 is 0.692 bits per heavy atom. The van der Waals surface area contributed by atoms with E-state index in [4.69, 9.17) is 0 Å². The van der Waals surface area contributed by atoms with Crippen LogP contribution in [0.5, 0.6) is 0 Å². The molecule has 1 fully saturated rings. The predicted molar refractivity (Wildman–Crippen MR) is 166 cm³/mol. The molecule has 39 heavy (non-hydrogen) atoms. The normalized spacial score (nSPS) is 17.4. The first-order chi connectivity index (χ1) is 19.1. The van der Waals surface area contributed by atoms with E-state index < -0.39 is 0 Å². The fourth-order valence-corrected chi connectivity index (χ4v) is 6.55. The van der Waals surface area contributed by atoms with Crippen molar-refractivity contribution >= 4 is 0 Å². The highest BCUT2D eigenvalue weighted by atomic mass is 16.3. The topological polar surface area (TPSA) is 40.5 Å². The smallest absolute Gasteiger partial charge is 0.0434 e. The Morgan fingerprint density at radius 3 is 2.23 bits per heavy atom. The van der Waals surface area contributed by atoms with Crippen molar-refractivity contribution in [3.05, 3.63) is 82.9 Å². The van der Waals surface area contributed by atoms with Gasteiger partial charge in [0, 0.05) is 13.2 Å². The zero-order chi connectivity index (χ0) is 27.5. The maximum absolute atomic E-state index is 9.31. The zero-order valence-electron chi connectivity index (χ0n) is 24.4. The van der Waals surface area contributed by atoms with Crippen molar-refractivity contribution in [1.82, 2.24) is 0 Å². The fraction of sp³-hybridized carbons (Fsp3) is 0.514. The zero-order valence-corrected chi connectivity index (χ0v) is 24.4. The molecule has 1 saturated carbocycles. The van der Waals surface area contributed by atoms with E-state index in [1.165, 1.54) is 89.5 Å². The van der Waals surface area contributed by atoms with Crippen LogP contribution in [0.25, 0.3) is 22.3 Å². The van der Waals surface area contributed by atoms with Gasteiger partial charge in [0.05, 0.1) is 0 Å². The molecular weight excluding hydrogens is 476 g/mol. The summed E-state index contributed by atoms with van der Waals surface area (Å²) in [5.41, 5.74) is 10.8. The minimum Gasteiger partial charge on any atom is -0.396 e. The number of hydrogen-bond donors (Lipinski definition) is 2. The molecule has 2 nitrogen and oxygen atoms in total. The van der Waals surface area contributed by atoms with Crippen molar-refractivity contribution in [3.63, 3.8) is 0 Å². The Hall–Kier alpha value is -2.42. The van der Waals surface area contributed by atoms with E-state index in [1.807, 2.05) is 0 Å². The summed E-state index contributed by atoms with van der Waals surface area (Å²) < 4.78 is 0. The third-order valence-corrected chi connectivity index (χ3v) is 8.92. The molecule has 0 saturated heterocycles. The predicted octanol–water partition coefficient (Wildman–Crippen LogP) is 9.42. The van der Waals surface area contributed by atoms with E-state index in [1.54, 1.807) is 0 Å². The number of rotatable bonds is 14. The first kappa shape index (κ1) is 29.6. The highest BCUT2D eigenvalue weighted by Crippen LogP contribution is 2.39.